The van der Waals surface area contributed by atoms with Crippen LogP contribution in [0.3, 0.4) is 0 Å². The molecule has 1 saturated carbocycles. The van der Waals surface area contributed by atoms with Gasteiger partial charge < -0.3 is 16.4 Å². The highest BCUT2D eigenvalue weighted by atomic mass is 32.1. The highest BCUT2D eigenvalue weighted by molar-refractivity contribution is 7.12. The van der Waals surface area contributed by atoms with Crippen LogP contribution < -0.4 is 16.4 Å². The zero-order valence-electron chi connectivity index (χ0n) is 17.1. The Balaban J connectivity index is 1.63. The van der Waals surface area contributed by atoms with Crippen molar-refractivity contribution in [3.05, 3.63) is 34.2 Å². The predicted molar refractivity (Wildman–Crippen MR) is 118 cm³/mol. The number of carbonyl (C=O) groups is 2. The number of nitrogen functional groups attached to an aromatic ring is 1. The maximum atomic E-state index is 12.7. The molecule has 30 heavy (non-hydrogen) atoms. The fraction of sp³-hybridized carbons (Fsp3) is 0.429. The molecule has 3 aromatic heterocycles. The molecule has 0 aromatic carbocycles. The van der Waals surface area contributed by atoms with Gasteiger partial charge in [-0.15, -0.1) is 16.4 Å². The van der Waals surface area contributed by atoms with Crippen molar-refractivity contribution in [2.45, 2.75) is 58.0 Å². The lowest BCUT2D eigenvalue weighted by Gasteiger charge is -2.22. The van der Waals surface area contributed by atoms with Crippen molar-refractivity contribution < 1.29 is 9.59 Å². The summed E-state index contributed by atoms with van der Waals surface area (Å²) < 4.78 is 1.44. The van der Waals surface area contributed by atoms with Crippen LogP contribution in [0.4, 0.5) is 5.95 Å². The van der Waals surface area contributed by atoms with E-state index >= 15 is 0 Å². The number of aromatic nitrogens is 3. The van der Waals surface area contributed by atoms with Gasteiger partial charge in [-0.2, -0.15) is 4.98 Å². The van der Waals surface area contributed by atoms with E-state index in [4.69, 9.17) is 5.73 Å². The van der Waals surface area contributed by atoms with E-state index < -0.39 is 0 Å². The minimum atomic E-state index is -0.257. The number of nitrogens with zero attached hydrogens (tertiary/aromatic N) is 3. The second-order valence-corrected chi connectivity index (χ2v) is 8.92. The zero-order valence-corrected chi connectivity index (χ0v) is 18.0. The van der Waals surface area contributed by atoms with E-state index in [2.05, 4.69) is 20.7 Å². The van der Waals surface area contributed by atoms with E-state index in [1.54, 1.807) is 6.07 Å². The van der Waals surface area contributed by atoms with Crippen LogP contribution in [0.15, 0.2) is 23.6 Å². The first kappa shape index (κ1) is 20.3. The van der Waals surface area contributed by atoms with Crippen molar-refractivity contribution in [3.8, 4) is 11.1 Å². The maximum absolute atomic E-state index is 12.7. The lowest BCUT2D eigenvalue weighted by Crippen LogP contribution is -2.35. The third-order valence-corrected chi connectivity index (χ3v) is 6.13. The van der Waals surface area contributed by atoms with Gasteiger partial charge in [-0.05, 0) is 61.4 Å². The number of amides is 2. The Kier molecular flexibility index (Phi) is 5.72. The number of nitrogens with two attached hydrogens (primary N) is 1. The summed E-state index contributed by atoms with van der Waals surface area (Å²) in [6, 6.07) is 5.68. The molecule has 3 heterocycles. The molecule has 4 rings (SSSR count). The summed E-state index contributed by atoms with van der Waals surface area (Å²) in [4.78, 5) is 30.2. The first-order valence-electron chi connectivity index (χ1n) is 10.3. The normalized spacial score (nSPS) is 14.9. The zero-order chi connectivity index (χ0) is 21.3. The molecule has 8 nitrogen and oxygen atoms in total. The third-order valence-electron chi connectivity index (χ3n) is 5.20. The molecule has 1 aliphatic carbocycles. The van der Waals surface area contributed by atoms with Crippen LogP contribution in [0.5, 0.6) is 0 Å². The third kappa shape index (κ3) is 4.30. The molecule has 1 fully saturated rings. The number of thiophene rings is 1. The standard InChI is InChI=1S/C21H26N6O2S/c1-12(2)23-19(28)16-8-13(10-18-25-21(22)26-27(16)18)14-9-17(30-11-14)20(29)24-15-6-4-3-5-7-15/h8-12,15H,3-7H2,1-2H3,(H2,22,26)(H,23,28)(H,24,29). The highest BCUT2D eigenvalue weighted by Gasteiger charge is 2.20. The van der Waals surface area contributed by atoms with Crippen molar-refractivity contribution in [3.63, 3.8) is 0 Å². The Morgan fingerprint density at radius 1 is 1.13 bits per heavy atom. The summed E-state index contributed by atoms with van der Waals surface area (Å²) in [5.41, 5.74) is 8.23. The van der Waals surface area contributed by atoms with Gasteiger partial charge in [0.05, 0.1) is 4.88 Å². The van der Waals surface area contributed by atoms with Crippen molar-refractivity contribution in [1.29, 1.82) is 0 Å². The molecule has 9 heteroatoms. The van der Waals surface area contributed by atoms with Gasteiger partial charge in [-0.1, -0.05) is 19.3 Å². The Hall–Kier alpha value is -2.94. The highest BCUT2D eigenvalue weighted by Crippen LogP contribution is 2.28. The molecule has 0 atom stereocenters. The van der Waals surface area contributed by atoms with Crippen molar-refractivity contribution in [2.24, 2.45) is 0 Å². The average Bonchev–Trinajstić information content (AvgIpc) is 3.33. The van der Waals surface area contributed by atoms with Crippen LogP contribution in [0.25, 0.3) is 16.8 Å². The Morgan fingerprint density at radius 2 is 1.90 bits per heavy atom. The van der Waals surface area contributed by atoms with Crippen LogP contribution in [-0.4, -0.2) is 38.5 Å². The molecule has 0 radical (unpaired) electrons. The summed E-state index contributed by atoms with van der Waals surface area (Å²) >= 11 is 1.40. The predicted octanol–water partition coefficient (Wildman–Crippen LogP) is 3.24. The van der Waals surface area contributed by atoms with E-state index in [0.717, 1.165) is 24.0 Å². The quantitative estimate of drug-likeness (QED) is 0.579. The van der Waals surface area contributed by atoms with E-state index in [0.29, 0.717) is 16.2 Å². The maximum Gasteiger partial charge on any atom is 0.270 e. The van der Waals surface area contributed by atoms with Crippen molar-refractivity contribution in [1.82, 2.24) is 25.2 Å². The summed E-state index contributed by atoms with van der Waals surface area (Å²) in [6.07, 6.45) is 5.68. The topological polar surface area (TPSA) is 114 Å². The lowest BCUT2D eigenvalue weighted by molar-refractivity contribution is 0.0925. The fourth-order valence-electron chi connectivity index (χ4n) is 3.78. The second kappa shape index (κ2) is 8.43. The molecule has 2 amide bonds. The van der Waals surface area contributed by atoms with Crippen LogP contribution in [-0.2, 0) is 0 Å². The van der Waals surface area contributed by atoms with Gasteiger partial charge in [0.25, 0.3) is 11.8 Å². The number of rotatable bonds is 5. The van der Waals surface area contributed by atoms with Crippen molar-refractivity contribution in [2.75, 3.05) is 5.73 Å². The molecule has 0 aliphatic heterocycles. The summed E-state index contributed by atoms with van der Waals surface area (Å²) in [7, 11) is 0. The molecular weight excluding hydrogens is 400 g/mol. The van der Waals surface area contributed by atoms with Gasteiger partial charge >= 0.3 is 0 Å². The van der Waals surface area contributed by atoms with Gasteiger partial charge in [0.2, 0.25) is 5.95 Å². The molecule has 1 aliphatic rings. The Morgan fingerprint density at radius 3 is 2.63 bits per heavy atom. The van der Waals surface area contributed by atoms with Crippen LogP contribution in [0, 0.1) is 0 Å². The number of hydrogen-bond donors (Lipinski definition) is 3. The summed E-state index contributed by atoms with van der Waals surface area (Å²) in [6.45, 7) is 3.79. The average molecular weight is 427 g/mol. The van der Waals surface area contributed by atoms with Crippen LogP contribution >= 0.6 is 11.3 Å². The number of anilines is 1. The molecule has 4 N–H and O–H groups in total. The lowest BCUT2D eigenvalue weighted by atomic mass is 9.95. The van der Waals surface area contributed by atoms with E-state index in [9.17, 15) is 9.59 Å². The second-order valence-electron chi connectivity index (χ2n) is 8.01. The van der Waals surface area contributed by atoms with Gasteiger partial charge in [0, 0.05) is 12.1 Å². The molecule has 158 valence electrons. The molecule has 0 bridgehead atoms. The van der Waals surface area contributed by atoms with Crippen LogP contribution in [0.1, 0.15) is 66.1 Å². The number of hydrogen-bond acceptors (Lipinski definition) is 6. The minimum absolute atomic E-state index is 0.0201. The van der Waals surface area contributed by atoms with E-state index in [1.165, 1.54) is 35.1 Å². The smallest absolute Gasteiger partial charge is 0.270 e. The first-order valence-corrected chi connectivity index (χ1v) is 11.2. The van der Waals surface area contributed by atoms with Gasteiger partial charge in [-0.3, -0.25) is 9.59 Å². The van der Waals surface area contributed by atoms with Gasteiger partial charge in [-0.25, -0.2) is 4.52 Å². The van der Waals surface area contributed by atoms with Gasteiger partial charge in [0.15, 0.2) is 5.65 Å². The number of pyridine rings is 1. The Labute approximate surface area is 178 Å². The number of fused-ring (bicyclic) bond motifs is 1. The Bertz CT molecular complexity index is 1080. The fourth-order valence-corrected chi connectivity index (χ4v) is 4.59. The molecule has 0 saturated heterocycles. The molecule has 0 unspecified atom stereocenters. The van der Waals surface area contributed by atoms with Crippen molar-refractivity contribution >= 4 is 34.7 Å². The summed E-state index contributed by atoms with van der Waals surface area (Å²) in [5, 5.41) is 12.1. The largest absolute Gasteiger partial charge is 0.366 e. The van der Waals surface area contributed by atoms with E-state index in [-0.39, 0.29) is 29.8 Å². The number of carbonyl (C=O) groups excluding carboxylic acids is 2. The SMILES string of the molecule is CC(C)NC(=O)c1cc(-c2csc(C(=O)NC3CCCCC3)c2)cc2nc(N)nn12. The molecule has 3 aromatic rings. The van der Waals surface area contributed by atoms with Gasteiger partial charge in [0.1, 0.15) is 5.69 Å². The molecule has 0 spiro atoms. The summed E-state index contributed by atoms with van der Waals surface area (Å²) in [5.74, 6) is -0.195. The van der Waals surface area contributed by atoms with E-state index in [1.807, 2.05) is 31.4 Å². The van der Waals surface area contributed by atoms with Crippen LogP contribution in [0.2, 0.25) is 0 Å². The minimum Gasteiger partial charge on any atom is -0.366 e. The molecular formula is C21H26N6O2S. The first-order chi connectivity index (χ1) is 14.4. The number of nitrogens with one attached hydrogen (secondary N) is 2. The monoisotopic (exact) mass is 426 g/mol.